The molecule has 0 aliphatic carbocycles. The summed E-state index contributed by atoms with van der Waals surface area (Å²) in [5, 5.41) is 12.4. The standard InChI is InChI=1S/C20H13ClN2O4S/c21-12-6-7-15(24)13(8-12)20(26)27-9-16-22-18(25)17-14(10-28-19(17)23-16)11-4-2-1-3-5-11/h1-8,10,24H,9H2,(H,22,23,25). The number of phenols is 1. The molecule has 0 aliphatic rings. The van der Waals surface area contributed by atoms with Crippen molar-refractivity contribution >= 4 is 39.1 Å². The molecular formula is C20H13ClN2O4S. The van der Waals surface area contributed by atoms with E-state index in [0.717, 1.165) is 11.1 Å². The largest absolute Gasteiger partial charge is 0.507 e. The van der Waals surface area contributed by atoms with Crippen LogP contribution in [0.25, 0.3) is 21.3 Å². The number of fused-ring (bicyclic) bond motifs is 1. The summed E-state index contributed by atoms with van der Waals surface area (Å²) in [7, 11) is 0. The van der Waals surface area contributed by atoms with Gasteiger partial charge in [-0.15, -0.1) is 11.3 Å². The predicted octanol–water partition coefficient (Wildman–Crippen LogP) is 4.37. The minimum absolute atomic E-state index is 0.0570. The van der Waals surface area contributed by atoms with E-state index in [2.05, 4.69) is 9.97 Å². The van der Waals surface area contributed by atoms with Gasteiger partial charge in [-0.05, 0) is 23.8 Å². The summed E-state index contributed by atoms with van der Waals surface area (Å²) in [6, 6.07) is 13.6. The Balaban J connectivity index is 1.60. The second-order valence-electron chi connectivity index (χ2n) is 5.95. The number of ether oxygens (including phenoxy) is 1. The van der Waals surface area contributed by atoms with Gasteiger partial charge in [0.05, 0.1) is 5.39 Å². The van der Waals surface area contributed by atoms with Gasteiger partial charge in [0.25, 0.3) is 5.56 Å². The summed E-state index contributed by atoms with van der Waals surface area (Å²) in [6.45, 7) is -0.242. The molecule has 0 fully saturated rings. The van der Waals surface area contributed by atoms with Crippen molar-refractivity contribution in [3.05, 3.63) is 80.7 Å². The fourth-order valence-electron chi connectivity index (χ4n) is 2.78. The molecule has 0 amide bonds. The van der Waals surface area contributed by atoms with Crippen LogP contribution in [-0.2, 0) is 11.3 Å². The van der Waals surface area contributed by atoms with E-state index >= 15 is 0 Å². The van der Waals surface area contributed by atoms with Crippen molar-refractivity contribution < 1.29 is 14.6 Å². The molecule has 0 aliphatic heterocycles. The molecule has 4 rings (SSSR count). The quantitative estimate of drug-likeness (QED) is 0.485. The maximum Gasteiger partial charge on any atom is 0.342 e. The summed E-state index contributed by atoms with van der Waals surface area (Å²) in [5.74, 6) is -0.787. The molecule has 2 heterocycles. The summed E-state index contributed by atoms with van der Waals surface area (Å²) < 4.78 is 5.16. The highest BCUT2D eigenvalue weighted by atomic mass is 35.5. The number of thiophene rings is 1. The Labute approximate surface area is 168 Å². The number of hydrogen-bond donors (Lipinski definition) is 2. The van der Waals surface area contributed by atoms with Crippen LogP contribution in [0.5, 0.6) is 5.75 Å². The Hall–Kier alpha value is -3.16. The van der Waals surface area contributed by atoms with E-state index in [1.165, 1.54) is 29.5 Å². The lowest BCUT2D eigenvalue weighted by Crippen LogP contribution is -2.14. The number of hydrogen-bond acceptors (Lipinski definition) is 6. The van der Waals surface area contributed by atoms with E-state index in [1.807, 2.05) is 35.7 Å². The zero-order valence-electron chi connectivity index (χ0n) is 14.3. The smallest absolute Gasteiger partial charge is 0.342 e. The monoisotopic (exact) mass is 412 g/mol. The van der Waals surface area contributed by atoms with Crippen LogP contribution in [0.3, 0.4) is 0 Å². The number of nitrogens with one attached hydrogen (secondary N) is 1. The first-order valence-corrected chi connectivity index (χ1v) is 9.50. The van der Waals surface area contributed by atoms with Crippen molar-refractivity contribution in [2.75, 3.05) is 0 Å². The van der Waals surface area contributed by atoms with Crippen molar-refractivity contribution in [2.45, 2.75) is 6.61 Å². The number of carbonyl (C=O) groups is 1. The van der Waals surface area contributed by atoms with Gasteiger partial charge in [-0.2, -0.15) is 0 Å². The van der Waals surface area contributed by atoms with Crippen molar-refractivity contribution in [1.82, 2.24) is 9.97 Å². The molecular weight excluding hydrogens is 400 g/mol. The third-order valence-corrected chi connectivity index (χ3v) is 5.20. The SMILES string of the molecule is O=C(OCc1nc2scc(-c3ccccc3)c2c(=O)[nH]1)c1cc(Cl)ccc1O. The van der Waals surface area contributed by atoms with Crippen LogP contribution in [0.2, 0.25) is 5.02 Å². The Morgan fingerprint density at radius 3 is 2.79 bits per heavy atom. The molecule has 0 bridgehead atoms. The van der Waals surface area contributed by atoms with Crippen LogP contribution in [0.15, 0.2) is 58.7 Å². The molecule has 0 unspecified atom stereocenters. The second kappa shape index (κ2) is 7.46. The lowest BCUT2D eigenvalue weighted by Gasteiger charge is -2.07. The number of aromatic hydroxyl groups is 1. The molecule has 4 aromatic rings. The van der Waals surface area contributed by atoms with Gasteiger partial charge in [0, 0.05) is 16.0 Å². The number of nitrogens with zero attached hydrogens (tertiary/aromatic N) is 1. The number of benzene rings is 2. The Morgan fingerprint density at radius 2 is 2.00 bits per heavy atom. The maximum atomic E-state index is 12.6. The van der Waals surface area contributed by atoms with Gasteiger partial charge in [0.15, 0.2) is 0 Å². The number of esters is 1. The van der Waals surface area contributed by atoms with E-state index in [-0.39, 0.29) is 29.3 Å². The van der Waals surface area contributed by atoms with E-state index in [9.17, 15) is 14.7 Å². The highest BCUT2D eigenvalue weighted by Gasteiger charge is 2.16. The Bertz CT molecular complexity index is 1230. The van der Waals surface area contributed by atoms with Crippen LogP contribution in [0.4, 0.5) is 0 Å². The van der Waals surface area contributed by atoms with Crippen LogP contribution >= 0.6 is 22.9 Å². The number of aromatic amines is 1. The van der Waals surface area contributed by atoms with Crippen LogP contribution in [-0.4, -0.2) is 21.0 Å². The molecule has 0 radical (unpaired) electrons. The minimum Gasteiger partial charge on any atom is -0.507 e. The fourth-order valence-corrected chi connectivity index (χ4v) is 3.91. The Kier molecular flexibility index (Phi) is 4.85. The van der Waals surface area contributed by atoms with Crippen LogP contribution < -0.4 is 5.56 Å². The first-order valence-electron chi connectivity index (χ1n) is 8.24. The number of aromatic nitrogens is 2. The van der Waals surface area contributed by atoms with Crippen LogP contribution in [0.1, 0.15) is 16.2 Å². The Morgan fingerprint density at radius 1 is 1.21 bits per heavy atom. The van der Waals surface area contributed by atoms with Crippen molar-refractivity contribution in [3.8, 4) is 16.9 Å². The second-order valence-corrected chi connectivity index (χ2v) is 7.24. The molecule has 0 atom stereocenters. The molecule has 0 saturated heterocycles. The average molecular weight is 413 g/mol. The summed E-state index contributed by atoms with van der Waals surface area (Å²) in [4.78, 5) is 32.3. The van der Waals surface area contributed by atoms with Crippen LogP contribution in [0, 0.1) is 0 Å². The zero-order valence-corrected chi connectivity index (χ0v) is 15.9. The summed E-state index contributed by atoms with van der Waals surface area (Å²) >= 11 is 7.18. The predicted molar refractivity (Wildman–Crippen MR) is 108 cm³/mol. The molecule has 8 heteroatoms. The van der Waals surface area contributed by atoms with Gasteiger partial charge in [-0.25, -0.2) is 9.78 Å². The number of H-pyrrole nitrogens is 1. The van der Waals surface area contributed by atoms with Gasteiger partial charge in [-0.3, -0.25) is 4.79 Å². The molecule has 6 nitrogen and oxygen atoms in total. The maximum absolute atomic E-state index is 12.6. The third kappa shape index (κ3) is 3.49. The molecule has 2 aromatic heterocycles. The molecule has 0 spiro atoms. The first kappa shape index (κ1) is 18.2. The van der Waals surface area contributed by atoms with Gasteiger partial charge >= 0.3 is 5.97 Å². The summed E-state index contributed by atoms with van der Waals surface area (Å²) in [5.41, 5.74) is 1.37. The number of rotatable bonds is 4. The first-order chi connectivity index (χ1) is 13.5. The van der Waals surface area contributed by atoms with Gasteiger partial charge < -0.3 is 14.8 Å². The number of halogens is 1. The number of carbonyl (C=O) groups excluding carboxylic acids is 1. The zero-order chi connectivity index (χ0) is 19.7. The third-order valence-electron chi connectivity index (χ3n) is 4.10. The topological polar surface area (TPSA) is 92.3 Å². The van der Waals surface area contributed by atoms with E-state index in [1.54, 1.807) is 0 Å². The van der Waals surface area contributed by atoms with Crippen molar-refractivity contribution in [3.63, 3.8) is 0 Å². The molecule has 2 N–H and O–H groups in total. The normalized spacial score (nSPS) is 10.9. The average Bonchev–Trinajstić information content (AvgIpc) is 3.13. The number of phenolic OH excluding ortho intramolecular Hbond substituents is 1. The van der Waals surface area contributed by atoms with Crippen molar-refractivity contribution in [2.24, 2.45) is 0 Å². The van der Waals surface area contributed by atoms with E-state index < -0.39 is 5.97 Å². The fraction of sp³-hybridized carbons (Fsp3) is 0.0500. The molecule has 140 valence electrons. The lowest BCUT2D eigenvalue weighted by molar-refractivity contribution is 0.0459. The molecule has 0 saturated carbocycles. The summed E-state index contributed by atoms with van der Waals surface area (Å²) in [6.07, 6.45) is 0. The van der Waals surface area contributed by atoms with Gasteiger partial charge in [0.2, 0.25) is 0 Å². The highest BCUT2D eigenvalue weighted by molar-refractivity contribution is 7.17. The molecule has 2 aromatic carbocycles. The minimum atomic E-state index is -0.765. The lowest BCUT2D eigenvalue weighted by atomic mass is 10.1. The molecule has 28 heavy (non-hydrogen) atoms. The van der Waals surface area contributed by atoms with Gasteiger partial charge in [-0.1, -0.05) is 41.9 Å². The highest BCUT2D eigenvalue weighted by Crippen LogP contribution is 2.30. The van der Waals surface area contributed by atoms with Crippen molar-refractivity contribution in [1.29, 1.82) is 0 Å². The van der Waals surface area contributed by atoms with Gasteiger partial charge in [0.1, 0.15) is 28.6 Å². The van der Waals surface area contributed by atoms with E-state index in [0.29, 0.717) is 15.2 Å². The van der Waals surface area contributed by atoms with E-state index in [4.69, 9.17) is 16.3 Å².